The number of carbonyl (C=O) groups is 3. The van der Waals surface area contributed by atoms with Crippen LogP contribution in [0.25, 0.3) is 0 Å². The van der Waals surface area contributed by atoms with Gasteiger partial charge in [0.05, 0.1) is 12.5 Å². The summed E-state index contributed by atoms with van der Waals surface area (Å²) in [4.78, 5) is 35.4. The molecule has 21 heavy (non-hydrogen) atoms. The van der Waals surface area contributed by atoms with Crippen molar-refractivity contribution in [3.8, 4) is 0 Å². The first kappa shape index (κ1) is 17.2. The average molecular weight is 302 g/mol. The van der Waals surface area contributed by atoms with Gasteiger partial charge in [0.25, 0.3) is 0 Å². The van der Waals surface area contributed by atoms with Gasteiger partial charge in [-0.3, -0.25) is 4.79 Å². The number of carboxylic acids is 1. The lowest BCUT2D eigenvalue weighted by atomic mass is 9.97. The van der Waals surface area contributed by atoms with E-state index < -0.39 is 12.1 Å². The molecule has 0 radical (unpaired) electrons. The molecule has 1 heterocycles. The number of aliphatic carboxylic acids is 1. The zero-order chi connectivity index (χ0) is 15.8. The van der Waals surface area contributed by atoms with Gasteiger partial charge in [-0.2, -0.15) is 0 Å². The van der Waals surface area contributed by atoms with Crippen molar-refractivity contribution in [3.05, 3.63) is 0 Å². The molecule has 1 rings (SSSR count). The zero-order valence-corrected chi connectivity index (χ0v) is 12.1. The molecule has 1 saturated heterocycles. The summed E-state index contributed by atoms with van der Waals surface area (Å²) in [6, 6.07) is -0.310. The second-order valence-electron chi connectivity index (χ2n) is 4.89. The van der Waals surface area contributed by atoms with Crippen LogP contribution in [-0.4, -0.2) is 65.4 Å². The van der Waals surface area contributed by atoms with E-state index in [-0.39, 0.29) is 30.9 Å². The van der Waals surface area contributed by atoms with Gasteiger partial charge >= 0.3 is 18.0 Å². The molecule has 0 aliphatic carbocycles. The number of piperidine rings is 1. The van der Waals surface area contributed by atoms with Crippen LogP contribution in [0.15, 0.2) is 0 Å². The summed E-state index contributed by atoms with van der Waals surface area (Å²) >= 11 is 0. The van der Waals surface area contributed by atoms with Crippen molar-refractivity contribution in [1.29, 1.82) is 0 Å². The first-order valence-corrected chi connectivity index (χ1v) is 7.06. The number of esters is 1. The zero-order valence-electron chi connectivity index (χ0n) is 12.1. The molecule has 0 aromatic carbocycles. The molecule has 0 aromatic rings. The molecule has 0 bridgehead atoms. The third-order valence-corrected chi connectivity index (χ3v) is 3.38. The predicted octanol–water partition coefficient (Wildman–Crippen LogP) is -0.193. The van der Waals surface area contributed by atoms with Crippen molar-refractivity contribution < 1.29 is 29.3 Å². The number of aliphatic hydroxyl groups is 1. The van der Waals surface area contributed by atoms with Crippen LogP contribution in [0.2, 0.25) is 0 Å². The molecule has 2 amide bonds. The molecule has 0 spiro atoms. The minimum atomic E-state index is -1.47. The van der Waals surface area contributed by atoms with E-state index in [0.717, 1.165) is 0 Å². The molecule has 8 nitrogen and oxygen atoms in total. The van der Waals surface area contributed by atoms with E-state index in [1.165, 1.54) is 0 Å². The van der Waals surface area contributed by atoms with Crippen molar-refractivity contribution in [2.75, 3.05) is 26.2 Å². The van der Waals surface area contributed by atoms with Crippen molar-refractivity contribution in [1.82, 2.24) is 10.2 Å². The van der Waals surface area contributed by atoms with Crippen LogP contribution in [0.1, 0.15) is 26.2 Å². The fourth-order valence-corrected chi connectivity index (χ4v) is 2.13. The summed E-state index contributed by atoms with van der Waals surface area (Å²) in [5.41, 5.74) is 0. The third kappa shape index (κ3) is 5.58. The highest BCUT2D eigenvalue weighted by atomic mass is 16.5. The maximum Gasteiger partial charge on any atom is 0.332 e. The summed E-state index contributed by atoms with van der Waals surface area (Å²) in [5, 5.41) is 20.1. The number of likely N-dealkylation sites (tertiary alicyclic amines) is 1. The second kappa shape index (κ2) is 8.46. The Labute approximate surface area is 123 Å². The number of nitrogens with zero attached hydrogens (tertiary/aromatic N) is 1. The van der Waals surface area contributed by atoms with Crippen LogP contribution in [0.5, 0.6) is 0 Å². The summed E-state index contributed by atoms with van der Waals surface area (Å²) in [6.07, 6.45) is -0.395. The molecule has 120 valence electrons. The predicted molar refractivity (Wildman–Crippen MR) is 72.6 cm³/mol. The van der Waals surface area contributed by atoms with Crippen LogP contribution in [0.3, 0.4) is 0 Å². The lowest BCUT2D eigenvalue weighted by Crippen LogP contribution is -2.46. The quantitative estimate of drug-likeness (QED) is 0.585. The van der Waals surface area contributed by atoms with Crippen molar-refractivity contribution in [2.24, 2.45) is 5.92 Å². The summed E-state index contributed by atoms with van der Waals surface area (Å²) in [5.74, 6) is -1.69. The molecule has 3 N–H and O–H groups in total. The first-order chi connectivity index (χ1) is 9.95. The van der Waals surface area contributed by atoms with Gasteiger partial charge in [-0.05, 0) is 19.8 Å². The average Bonchev–Trinajstić information content (AvgIpc) is 2.47. The van der Waals surface area contributed by atoms with Crippen molar-refractivity contribution in [2.45, 2.75) is 32.3 Å². The van der Waals surface area contributed by atoms with Gasteiger partial charge in [0, 0.05) is 26.1 Å². The van der Waals surface area contributed by atoms with Gasteiger partial charge in [-0.25, -0.2) is 9.59 Å². The Morgan fingerprint density at radius 1 is 1.33 bits per heavy atom. The van der Waals surface area contributed by atoms with Crippen LogP contribution in [-0.2, 0) is 14.3 Å². The Bertz CT molecular complexity index is 379. The minimum Gasteiger partial charge on any atom is -0.479 e. The molecule has 1 fully saturated rings. The maximum atomic E-state index is 11.8. The maximum absolute atomic E-state index is 11.8. The smallest absolute Gasteiger partial charge is 0.332 e. The number of aliphatic hydroxyl groups excluding tert-OH is 1. The van der Waals surface area contributed by atoms with Gasteiger partial charge in [-0.1, -0.05) is 0 Å². The van der Waals surface area contributed by atoms with E-state index in [9.17, 15) is 14.4 Å². The Balaban J connectivity index is 2.26. The van der Waals surface area contributed by atoms with Gasteiger partial charge in [0.15, 0.2) is 6.10 Å². The van der Waals surface area contributed by atoms with Crippen LogP contribution < -0.4 is 5.32 Å². The SMILES string of the molecule is CCOC(=O)C1CCN(C(=O)NCC[C@H](O)C(=O)O)CC1. The molecule has 0 unspecified atom stereocenters. The fourth-order valence-electron chi connectivity index (χ4n) is 2.13. The van der Waals surface area contributed by atoms with Gasteiger partial charge in [0.1, 0.15) is 0 Å². The fraction of sp³-hybridized carbons (Fsp3) is 0.769. The van der Waals surface area contributed by atoms with Gasteiger partial charge in [-0.15, -0.1) is 0 Å². The number of rotatable bonds is 6. The molecule has 0 aromatic heterocycles. The molecular formula is C13H22N2O6. The number of ether oxygens (including phenoxy) is 1. The highest BCUT2D eigenvalue weighted by Gasteiger charge is 2.28. The van der Waals surface area contributed by atoms with Gasteiger partial charge < -0.3 is 25.2 Å². The molecular weight excluding hydrogens is 280 g/mol. The minimum absolute atomic E-state index is 0.0413. The first-order valence-electron chi connectivity index (χ1n) is 7.06. The largest absolute Gasteiger partial charge is 0.479 e. The van der Waals surface area contributed by atoms with Gasteiger partial charge in [0.2, 0.25) is 0 Å². The summed E-state index contributed by atoms with van der Waals surface area (Å²) in [6.45, 7) is 3.11. The molecule has 1 aliphatic rings. The van der Waals surface area contributed by atoms with Crippen LogP contribution in [0.4, 0.5) is 4.79 Å². The summed E-state index contributed by atoms with van der Waals surface area (Å²) in [7, 11) is 0. The molecule has 8 heteroatoms. The molecule has 0 saturated carbocycles. The number of urea groups is 1. The third-order valence-electron chi connectivity index (χ3n) is 3.38. The van der Waals surface area contributed by atoms with Crippen LogP contribution in [0, 0.1) is 5.92 Å². The number of hydrogen-bond donors (Lipinski definition) is 3. The normalized spacial score (nSPS) is 17.1. The Morgan fingerprint density at radius 2 is 1.95 bits per heavy atom. The van der Waals surface area contributed by atoms with E-state index >= 15 is 0 Å². The van der Waals surface area contributed by atoms with E-state index in [4.69, 9.17) is 14.9 Å². The monoisotopic (exact) mass is 302 g/mol. The summed E-state index contributed by atoms with van der Waals surface area (Å²) < 4.78 is 4.95. The number of carboxylic acid groups (broad SMARTS) is 1. The Hall–Kier alpha value is -1.83. The van der Waals surface area contributed by atoms with E-state index in [0.29, 0.717) is 32.5 Å². The second-order valence-corrected chi connectivity index (χ2v) is 4.89. The van der Waals surface area contributed by atoms with E-state index in [2.05, 4.69) is 5.32 Å². The topological polar surface area (TPSA) is 116 Å². The number of nitrogens with one attached hydrogen (secondary N) is 1. The van der Waals surface area contributed by atoms with Crippen LogP contribution >= 0.6 is 0 Å². The number of hydrogen-bond acceptors (Lipinski definition) is 5. The van der Waals surface area contributed by atoms with Crippen molar-refractivity contribution >= 4 is 18.0 Å². The number of carbonyl (C=O) groups excluding carboxylic acids is 2. The number of amides is 2. The lowest BCUT2D eigenvalue weighted by Gasteiger charge is -2.30. The highest BCUT2D eigenvalue weighted by molar-refractivity contribution is 5.76. The molecule has 1 atom stereocenters. The lowest BCUT2D eigenvalue weighted by molar-refractivity contribution is -0.149. The molecule has 1 aliphatic heterocycles. The van der Waals surface area contributed by atoms with Crippen molar-refractivity contribution in [3.63, 3.8) is 0 Å². The highest BCUT2D eigenvalue weighted by Crippen LogP contribution is 2.18. The Morgan fingerprint density at radius 3 is 2.48 bits per heavy atom. The van der Waals surface area contributed by atoms with E-state index in [1.54, 1.807) is 11.8 Å². The van der Waals surface area contributed by atoms with E-state index in [1.807, 2.05) is 0 Å². The standard InChI is InChI=1S/C13H22N2O6/c1-2-21-12(19)9-4-7-15(8-5-9)13(20)14-6-3-10(16)11(17)18/h9-10,16H,2-8H2,1H3,(H,14,20)(H,17,18)/t10-/m0/s1. The Kier molecular flexibility index (Phi) is 6.93.